The van der Waals surface area contributed by atoms with Gasteiger partial charge >= 0.3 is 0 Å². The van der Waals surface area contributed by atoms with Gasteiger partial charge in [0.05, 0.1) is 6.04 Å². The second kappa shape index (κ2) is 5.52. The fourth-order valence-corrected chi connectivity index (χ4v) is 5.18. The van der Waals surface area contributed by atoms with Crippen LogP contribution in [0.4, 0.5) is 0 Å². The SMILES string of the molecule is Cc1cccc([C@H]2CCCN2S(=O)(=O)c2c(C)noc2C)c1. The summed E-state index contributed by atoms with van der Waals surface area (Å²) in [6, 6.07) is 7.94. The number of aryl methyl sites for hydroxylation is 3. The van der Waals surface area contributed by atoms with E-state index in [1.807, 2.05) is 25.1 Å². The smallest absolute Gasteiger partial charge is 0.249 e. The molecule has 0 saturated carbocycles. The Bertz CT molecular complexity index is 776. The largest absolute Gasteiger partial charge is 0.360 e. The summed E-state index contributed by atoms with van der Waals surface area (Å²) in [7, 11) is -3.59. The van der Waals surface area contributed by atoms with Crippen LogP contribution >= 0.6 is 0 Å². The highest BCUT2D eigenvalue weighted by molar-refractivity contribution is 7.89. The van der Waals surface area contributed by atoms with Crippen molar-refractivity contribution in [1.82, 2.24) is 9.46 Å². The molecule has 1 saturated heterocycles. The lowest BCUT2D eigenvalue weighted by Crippen LogP contribution is -2.31. The van der Waals surface area contributed by atoms with E-state index in [0.717, 1.165) is 24.0 Å². The summed E-state index contributed by atoms with van der Waals surface area (Å²) in [5.41, 5.74) is 2.61. The maximum atomic E-state index is 13.0. The van der Waals surface area contributed by atoms with Crippen molar-refractivity contribution in [2.75, 3.05) is 6.54 Å². The Hall–Kier alpha value is -1.66. The van der Waals surface area contributed by atoms with E-state index in [2.05, 4.69) is 11.2 Å². The van der Waals surface area contributed by atoms with E-state index in [1.165, 1.54) is 0 Å². The van der Waals surface area contributed by atoms with Crippen LogP contribution in [0.15, 0.2) is 33.7 Å². The van der Waals surface area contributed by atoms with Crippen molar-refractivity contribution in [2.45, 2.75) is 44.6 Å². The minimum atomic E-state index is -3.59. The van der Waals surface area contributed by atoms with E-state index in [4.69, 9.17) is 4.52 Å². The highest BCUT2D eigenvalue weighted by Crippen LogP contribution is 2.38. The third-order valence-corrected chi connectivity index (χ3v) is 6.32. The van der Waals surface area contributed by atoms with Crippen molar-refractivity contribution in [3.63, 3.8) is 0 Å². The molecule has 2 aromatic rings. The normalized spacial score (nSPS) is 19.7. The van der Waals surface area contributed by atoms with Gasteiger partial charge in [0.15, 0.2) is 5.76 Å². The molecule has 1 atom stereocenters. The number of hydrogen-bond donors (Lipinski definition) is 0. The van der Waals surface area contributed by atoms with Crippen molar-refractivity contribution in [2.24, 2.45) is 0 Å². The van der Waals surface area contributed by atoms with Gasteiger partial charge in [-0.2, -0.15) is 4.31 Å². The Morgan fingerprint density at radius 1 is 1.27 bits per heavy atom. The summed E-state index contributed by atoms with van der Waals surface area (Å²) in [6.45, 7) is 5.86. The zero-order chi connectivity index (χ0) is 15.9. The standard InChI is InChI=1S/C16H20N2O3S/c1-11-6-4-7-14(10-11)15-8-5-9-18(15)22(19,20)16-12(2)17-21-13(16)3/h4,6-7,10,15H,5,8-9H2,1-3H3/t15-/m1/s1. The fourth-order valence-electron chi connectivity index (χ4n) is 3.20. The first-order valence-electron chi connectivity index (χ1n) is 7.42. The van der Waals surface area contributed by atoms with Crippen molar-refractivity contribution in [3.8, 4) is 0 Å². The van der Waals surface area contributed by atoms with Gasteiger partial charge in [-0.05, 0) is 39.2 Å². The summed E-state index contributed by atoms with van der Waals surface area (Å²) in [5, 5.41) is 3.78. The minimum Gasteiger partial charge on any atom is -0.360 e. The maximum Gasteiger partial charge on any atom is 0.249 e. The Balaban J connectivity index is 2.03. The zero-order valence-electron chi connectivity index (χ0n) is 13.0. The van der Waals surface area contributed by atoms with Crippen molar-refractivity contribution < 1.29 is 12.9 Å². The van der Waals surface area contributed by atoms with Crippen LogP contribution in [0.3, 0.4) is 0 Å². The van der Waals surface area contributed by atoms with Crippen LogP contribution < -0.4 is 0 Å². The van der Waals surface area contributed by atoms with E-state index >= 15 is 0 Å². The molecule has 1 aliphatic heterocycles. The first-order valence-corrected chi connectivity index (χ1v) is 8.86. The number of rotatable bonds is 3. The van der Waals surface area contributed by atoms with E-state index in [1.54, 1.807) is 18.2 Å². The monoisotopic (exact) mass is 320 g/mol. The van der Waals surface area contributed by atoms with Gasteiger partial charge in [0.1, 0.15) is 10.6 Å². The molecule has 6 heteroatoms. The van der Waals surface area contributed by atoms with Crippen molar-refractivity contribution in [1.29, 1.82) is 0 Å². The topological polar surface area (TPSA) is 63.4 Å². The molecule has 5 nitrogen and oxygen atoms in total. The van der Waals surface area contributed by atoms with Crippen LogP contribution in [-0.2, 0) is 10.0 Å². The molecule has 22 heavy (non-hydrogen) atoms. The number of benzene rings is 1. The van der Waals surface area contributed by atoms with Gasteiger partial charge in [0.2, 0.25) is 10.0 Å². The molecular formula is C16H20N2O3S. The van der Waals surface area contributed by atoms with Crippen LogP contribution in [0.25, 0.3) is 0 Å². The Morgan fingerprint density at radius 3 is 2.68 bits per heavy atom. The van der Waals surface area contributed by atoms with Crippen LogP contribution in [0.2, 0.25) is 0 Å². The minimum absolute atomic E-state index is 0.112. The number of nitrogens with zero attached hydrogens (tertiary/aromatic N) is 2. The molecule has 0 unspecified atom stereocenters. The molecule has 118 valence electrons. The Labute approximate surface area is 131 Å². The average molecular weight is 320 g/mol. The lowest BCUT2D eigenvalue weighted by molar-refractivity contribution is 0.384. The van der Waals surface area contributed by atoms with Crippen molar-refractivity contribution >= 4 is 10.0 Å². The molecule has 1 aromatic heterocycles. The highest BCUT2D eigenvalue weighted by atomic mass is 32.2. The molecule has 0 N–H and O–H groups in total. The lowest BCUT2D eigenvalue weighted by Gasteiger charge is -2.24. The maximum absolute atomic E-state index is 13.0. The average Bonchev–Trinajstić information content (AvgIpc) is 3.06. The van der Waals surface area contributed by atoms with Crippen LogP contribution in [-0.4, -0.2) is 24.4 Å². The summed E-state index contributed by atoms with van der Waals surface area (Å²) >= 11 is 0. The second-order valence-electron chi connectivity index (χ2n) is 5.84. The van der Waals surface area contributed by atoms with Gasteiger partial charge in [0.25, 0.3) is 0 Å². The van der Waals surface area contributed by atoms with Crippen LogP contribution in [0.1, 0.15) is 41.5 Å². The summed E-state index contributed by atoms with van der Waals surface area (Å²) in [5.74, 6) is 0.354. The predicted molar refractivity (Wildman–Crippen MR) is 83.0 cm³/mol. The van der Waals surface area contributed by atoms with Gasteiger partial charge in [-0.25, -0.2) is 8.42 Å². The highest BCUT2D eigenvalue weighted by Gasteiger charge is 2.39. The van der Waals surface area contributed by atoms with Gasteiger partial charge < -0.3 is 4.52 Å². The third kappa shape index (κ3) is 2.46. The van der Waals surface area contributed by atoms with Gasteiger partial charge in [-0.1, -0.05) is 35.0 Å². The van der Waals surface area contributed by atoms with E-state index in [-0.39, 0.29) is 10.9 Å². The molecular weight excluding hydrogens is 300 g/mol. The molecule has 0 spiro atoms. The molecule has 0 amide bonds. The summed E-state index contributed by atoms with van der Waals surface area (Å²) in [4.78, 5) is 0.215. The van der Waals surface area contributed by atoms with Crippen molar-refractivity contribution in [3.05, 3.63) is 46.8 Å². The molecule has 1 fully saturated rings. The number of aromatic nitrogens is 1. The fraction of sp³-hybridized carbons (Fsp3) is 0.438. The molecule has 2 heterocycles. The van der Waals surface area contributed by atoms with Gasteiger partial charge in [-0.15, -0.1) is 0 Å². The lowest BCUT2D eigenvalue weighted by atomic mass is 10.0. The molecule has 1 aliphatic rings. The zero-order valence-corrected chi connectivity index (χ0v) is 13.9. The Morgan fingerprint density at radius 2 is 2.05 bits per heavy atom. The summed E-state index contributed by atoms with van der Waals surface area (Å²) in [6.07, 6.45) is 1.70. The first-order chi connectivity index (χ1) is 10.4. The molecule has 3 rings (SSSR count). The third-order valence-electron chi connectivity index (χ3n) is 4.17. The van der Waals surface area contributed by atoms with E-state index in [0.29, 0.717) is 18.0 Å². The summed E-state index contributed by atoms with van der Waals surface area (Å²) < 4.78 is 32.7. The van der Waals surface area contributed by atoms with Crippen LogP contribution in [0.5, 0.6) is 0 Å². The quantitative estimate of drug-likeness (QED) is 0.871. The number of sulfonamides is 1. The molecule has 1 aromatic carbocycles. The van der Waals surface area contributed by atoms with Gasteiger partial charge in [0, 0.05) is 6.54 Å². The molecule has 0 bridgehead atoms. The predicted octanol–water partition coefficient (Wildman–Crippen LogP) is 3.13. The van der Waals surface area contributed by atoms with E-state index < -0.39 is 10.0 Å². The van der Waals surface area contributed by atoms with Gasteiger partial charge in [-0.3, -0.25) is 0 Å². The Kier molecular flexibility index (Phi) is 3.82. The molecule has 0 aliphatic carbocycles. The van der Waals surface area contributed by atoms with E-state index in [9.17, 15) is 8.42 Å². The van der Waals surface area contributed by atoms with Crippen LogP contribution in [0, 0.1) is 20.8 Å². The number of hydrogen-bond acceptors (Lipinski definition) is 4. The first kappa shape index (κ1) is 15.2. The molecule has 0 radical (unpaired) electrons. The second-order valence-corrected chi connectivity index (χ2v) is 7.67.